The molecule has 0 fully saturated rings. The lowest BCUT2D eigenvalue weighted by Gasteiger charge is -2.13. The molecule has 0 aliphatic rings. The third kappa shape index (κ3) is 11.6. The normalized spacial score (nSPS) is 15.2. The number of halogens is 6. The van der Waals surface area contributed by atoms with Crippen molar-refractivity contribution in [2.75, 3.05) is 13.2 Å². The molecule has 0 aliphatic heterocycles. The zero-order valence-corrected chi connectivity index (χ0v) is 8.37. The van der Waals surface area contributed by atoms with Crippen LogP contribution in [0.5, 0.6) is 0 Å². The van der Waals surface area contributed by atoms with Gasteiger partial charge in [0.25, 0.3) is 0 Å². The van der Waals surface area contributed by atoms with E-state index in [1.54, 1.807) is 0 Å². The van der Waals surface area contributed by atoms with Crippen LogP contribution >= 0.6 is 0 Å². The van der Waals surface area contributed by atoms with Crippen molar-refractivity contribution in [2.45, 2.75) is 37.7 Å². The van der Waals surface area contributed by atoms with Crippen LogP contribution in [0.15, 0.2) is 0 Å². The maximum atomic E-state index is 11.7. The molecule has 16 heavy (non-hydrogen) atoms. The summed E-state index contributed by atoms with van der Waals surface area (Å²) in [5, 5.41) is 0. The van der Waals surface area contributed by atoms with E-state index in [2.05, 4.69) is 4.74 Å². The first-order valence-electron chi connectivity index (χ1n) is 4.57. The summed E-state index contributed by atoms with van der Waals surface area (Å²) in [4.78, 5) is 0. The second-order valence-corrected chi connectivity index (χ2v) is 3.40. The van der Waals surface area contributed by atoms with Crippen molar-refractivity contribution >= 4 is 0 Å². The van der Waals surface area contributed by atoms with Crippen molar-refractivity contribution in [1.29, 1.82) is 0 Å². The van der Waals surface area contributed by atoms with Crippen molar-refractivity contribution in [3.63, 3.8) is 0 Å². The highest BCUT2D eigenvalue weighted by Gasteiger charge is 2.28. The monoisotopic (exact) mass is 253 g/mol. The van der Waals surface area contributed by atoms with Crippen LogP contribution in [-0.2, 0) is 4.74 Å². The molecule has 0 heterocycles. The summed E-state index contributed by atoms with van der Waals surface area (Å²) in [5.41, 5.74) is 5.27. The van der Waals surface area contributed by atoms with Crippen LogP contribution in [0.3, 0.4) is 0 Å². The number of hydrogen-bond donors (Lipinski definition) is 1. The van der Waals surface area contributed by atoms with Gasteiger partial charge in [-0.1, -0.05) is 0 Å². The van der Waals surface area contributed by atoms with E-state index in [1.165, 1.54) is 0 Å². The Hall–Kier alpha value is -0.500. The molecule has 2 nitrogen and oxygen atoms in total. The zero-order valence-electron chi connectivity index (χ0n) is 8.37. The van der Waals surface area contributed by atoms with Gasteiger partial charge in [-0.3, -0.25) is 0 Å². The minimum absolute atomic E-state index is 0.0165. The molecule has 0 aliphatic carbocycles. The molecule has 0 radical (unpaired) electrons. The van der Waals surface area contributed by atoms with Gasteiger partial charge in [0.1, 0.15) is 6.61 Å². The van der Waals surface area contributed by atoms with Gasteiger partial charge in [0, 0.05) is 12.5 Å². The molecule has 0 aromatic heterocycles. The molecule has 0 saturated carbocycles. The smallest absolute Gasteiger partial charge is 0.370 e. The third-order valence-electron chi connectivity index (χ3n) is 1.63. The van der Waals surface area contributed by atoms with Gasteiger partial charge in [0.15, 0.2) is 0 Å². The molecular formula is C8H13F6NO. The summed E-state index contributed by atoms with van der Waals surface area (Å²) in [7, 11) is 0. The molecule has 1 unspecified atom stereocenters. The third-order valence-corrected chi connectivity index (χ3v) is 1.63. The van der Waals surface area contributed by atoms with Gasteiger partial charge in [0.2, 0.25) is 0 Å². The fourth-order valence-electron chi connectivity index (χ4n) is 0.974. The predicted molar refractivity (Wildman–Crippen MR) is 44.8 cm³/mol. The molecule has 0 spiro atoms. The Morgan fingerprint density at radius 2 is 1.56 bits per heavy atom. The lowest BCUT2D eigenvalue weighted by molar-refractivity contribution is -0.174. The molecule has 2 N–H and O–H groups in total. The van der Waals surface area contributed by atoms with Crippen molar-refractivity contribution in [3.05, 3.63) is 0 Å². The highest BCUT2D eigenvalue weighted by molar-refractivity contribution is 4.62. The summed E-state index contributed by atoms with van der Waals surface area (Å²) in [6.45, 7) is -1.82. The van der Waals surface area contributed by atoms with E-state index in [0.29, 0.717) is 0 Å². The number of hydrogen-bond acceptors (Lipinski definition) is 2. The molecule has 8 heteroatoms. The van der Waals surface area contributed by atoms with Gasteiger partial charge < -0.3 is 10.5 Å². The first kappa shape index (κ1) is 15.5. The van der Waals surface area contributed by atoms with E-state index in [9.17, 15) is 26.3 Å². The Balaban J connectivity index is 3.49. The molecule has 0 rings (SSSR count). The number of alkyl halides is 6. The minimum atomic E-state index is -4.44. The second-order valence-electron chi connectivity index (χ2n) is 3.40. The van der Waals surface area contributed by atoms with Crippen molar-refractivity contribution in [2.24, 2.45) is 5.73 Å². The first-order chi connectivity index (χ1) is 7.10. The van der Waals surface area contributed by atoms with E-state index in [-0.39, 0.29) is 12.8 Å². The average Bonchev–Trinajstić information content (AvgIpc) is 1.98. The van der Waals surface area contributed by atoms with Crippen LogP contribution in [0.25, 0.3) is 0 Å². The summed E-state index contributed by atoms with van der Waals surface area (Å²) in [5.74, 6) is 0. The number of ether oxygens (including phenoxy) is 1. The molecule has 1 atom stereocenters. The van der Waals surface area contributed by atoms with E-state index in [4.69, 9.17) is 5.73 Å². The SMILES string of the molecule is NC(CCCC(F)(F)F)COCC(F)(F)F. The van der Waals surface area contributed by atoms with Crippen molar-refractivity contribution in [3.8, 4) is 0 Å². The number of nitrogens with two attached hydrogens (primary N) is 1. The van der Waals surface area contributed by atoms with Crippen LogP contribution < -0.4 is 5.73 Å². The zero-order chi connectivity index (χ0) is 12.8. The number of rotatable bonds is 6. The van der Waals surface area contributed by atoms with E-state index < -0.39 is 38.0 Å². The van der Waals surface area contributed by atoms with Gasteiger partial charge in [-0.15, -0.1) is 0 Å². The highest BCUT2D eigenvalue weighted by Crippen LogP contribution is 2.22. The maximum Gasteiger partial charge on any atom is 0.411 e. The maximum absolute atomic E-state index is 11.7. The van der Waals surface area contributed by atoms with Gasteiger partial charge in [-0.05, 0) is 12.8 Å². The topological polar surface area (TPSA) is 35.2 Å². The van der Waals surface area contributed by atoms with Crippen molar-refractivity contribution < 1.29 is 31.1 Å². The van der Waals surface area contributed by atoms with E-state index in [1.807, 2.05) is 0 Å². The molecule has 98 valence electrons. The van der Waals surface area contributed by atoms with Gasteiger partial charge in [-0.25, -0.2) is 0 Å². The molecule has 0 amide bonds. The van der Waals surface area contributed by atoms with Gasteiger partial charge >= 0.3 is 12.4 Å². The van der Waals surface area contributed by atoms with Crippen LogP contribution in [0, 0.1) is 0 Å². The molecule has 0 aromatic carbocycles. The Kier molecular flexibility index (Phi) is 6.09. The van der Waals surface area contributed by atoms with E-state index >= 15 is 0 Å². The molecule has 0 saturated heterocycles. The van der Waals surface area contributed by atoms with Crippen LogP contribution in [0.2, 0.25) is 0 Å². The minimum Gasteiger partial charge on any atom is -0.370 e. The largest absolute Gasteiger partial charge is 0.411 e. The molecular weight excluding hydrogens is 240 g/mol. The first-order valence-corrected chi connectivity index (χ1v) is 4.57. The second kappa shape index (κ2) is 6.29. The fraction of sp³-hybridized carbons (Fsp3) is 1.00. The van der Waals surface area contributed by atoms with E-state index in [0.717, 1.165) is 0 Å². The summed E-state index contributed by atoms with van der Waals surface area (Å²) in [6.07, 6.45) is -9.91. The fourth-order valence-corrected chi connectivity index (χ4v) is 0.974. The summed E-state index contributed by atoms with van der Waals surface area (Å²) >= 11 is 0. The van der Waals surface area contributed by atoms with Gasteiger partial charge in [0.05, 0.1) is 6.61 Å². The highest BCUT2D eigenvalue weighted by atomic mass is 19.4. The molecule has 0 aromatic rings. The van der Waals surface area contributed by atoms with Crippen LogP contribution in [0.1, 0.15) is 19.3 Å². The van der Waals surface area contributed by atoms with Crippen LogP contribution in [0.4, 0.5) is 26.3 Å². The Morgan fingerprint density at radius 3 is 2.00 bits per heavy atom. The Morgan fingerprint density at radius 1 is 1.00 bits per heavy atom. The quantitative estimate of drug-likeness (QED) is 0.738. The van der Waals surface area contributed by atoms with Gasteiger partial charge in [-0.2, -0.15) is 26.3 Å². The lowest BCUT2D eigenvalue weighted by Crippen LogP contribution is -2.29. The molecule has 0 bridgehead atoms. The summed E-state index contributed by atoms with van der Waals surface area (Å²) in [6, 6.07) is -0.801. The van der Waals surface area contributed by atoms with Crippen molar-refractivity contribution in [1.82, 2.24) is 0 Å². The standard InChI is InChI=1S/C8H13F6NO/c9-7(10,11)3-1-2-6(15)4-16-5-8(12,13)14/h6H,1-5,15H2. The predicted octanol–water partition coefficient (Wildman–Crippen LogP) is 2.63. The Bertz CT molecular complexity index is 170. The van der Waals surface area contributed by atoms with Crippen LogP contribution in [-0.4, -0.2) is 31.6 Å². The summed E-state index contributed by atoms with van der Waals surface area (Å²) < 4.78 is 74.1. The Labute approximate surface area is 88.7 Å². The lowest BCUT2D eigenvalue weighted by atomic mass is 10.1. The average molecular weight is 253 g/mol.